The molecule has 0 amide bonds. The summed E-state index contributed by atoms with van der Waals surface area (Å²) in [4.78, 5) is 6.72. The van der Waals surface area contributed by atoms with E-state index >= 15 is 0 Å². The van der Waals surface area contributed by atoms with Gasteiger partial charge in [-0.3, -0.25) is 0 Å². The number of rotatable bonds is 6. The first-order valence-corrected chi connectivity index (χ1v) is 10.9. The fraction of sp³-hybridized carbons (Fsp3) is 0.261. The van der Waals surface area contributed by atoms with Gasteiger partial charge < -0.3 is 24.2 Å². The van der Waals surface area contributed by atoms with Crippen LogP contribution in [0.1, 0.15) is 31.3 Å². The molecule has 1 unspecified atom stereocenters. The van der Waals surface area contributed by atoms with Crippen LogP contribution in [0.2, 0.25) is 5.02 Å². The Morgan fingerprint density at radius 3 is 2.50 bits per heavy atom. The third-order valence-electron chi connectivity index (χ3n) is 5.41. The molecule has 0 fully saturated rings. The minimum Gasteiger partial charge on any atom is -0.493 e. The predicted molar refractivity (Wildman–Crippen MR) is 128 cm³/mol. The van der Waals surface area contributed by atoms with Gasteiger partial charge in [-0.25, -0.2) is 0 Å². The zero-order valence-electron chi connectivity index (χ0n) is 18.2. The monoisotopic (exact) mass is 470 g/mol. The van der Waals surface area contributed by atoms with Crippen molar-refractivity contribution in [1.29, 1.82) is 0 Å². The maximum Gasteiger partial charge on any atom is 0.258 e. The number of thiocarbonyl (C=S) groups is 1. The van der Waals surface area contributed by atoms with E-state index in [4.69, 9.17) is 42.8 Å². The summed E-state index contributed by atoms with van der Waals surface area (Å²) < 4.78 is 16.5. The molecule has 166 valence electrons. The van der Waals surface area contributed by atoms with Crippen molar-refractivity contribution in [3.63, 3.8) is 0 Å². The van der Waals surface area contributed by atoms with Crippen molar-refractivity contribution < 1.29 is 14.0 Å². The van der Waals surface area contributed by atoms with Crippen molar-refractivity contribution >= 4 is 34.5 Å². The van der Waals surface area contributed by atoms with Gasteiger partial charge in [-0.05, 0) is 62.0 Å². The lowest BCUT2D eigenvalue weighted by Gasteiger charge is -2.36. The highest BCUT2D eigenvalue weighted by Crippen LogP contribution is 2.38. The summed E-state index contributed by atoms with van der Waals surface area (Å²) >= 11 is 11.7. The van der Waals surface area contributed by atoms with Crippen LogP contribution in [0.4, 0.5) is 0 Å². The summed E-state index contributed by atoms with van der Waals surface area (Å²) in [5.41, 5.74) is 3.57. The number of aromatic nitrogens is 2. The summed E-state index contributed by atoms with van der Waals surface area (Å²) in [5.74, 6) is 2.09. The van der Waals surface area contributed by atoms with Gasteiger partial charge in [0.1, 0.15) is 0 Å². The molecule has 0 radical (unpaired) electrons. The third-order valence-corrected chi connectivity index (χ3v) is 6.00. The molecule has 1 aliphatic rings. The van der Waals surface area contributed by atoms with Gasteiger partial charge in [0.15, 0.2) is 16.6 Å². The summed E-state index contributed by atoms with van der Waals surface area (Å²) in [6.45, 7) is 4.76. The van der Waals surface area contributed by atoms with E-state index in [1.807, 2.05) is 61.2 Å². The number of halogens is 1. The van der Waals surface area contributed by atoms with Crippen molar-refractivity contribution in [2.45, 2.75) is 19.9 Å². The van der Waals surface area contributed by atoms with Crippen LogP contribution in [-0.2, 0) is 0 Å². The van der Waals surface area contributed by atoms with E-state index in [0.717, 1.165) is 22.4 Å². The number of nitrogens with zero attached hydrogens (tertiary/aromatic N) is 3. The number of hydrogen-bond donors (Lipinski definition) is 1. The second-order valence-electron chi connectivity index (χ2n) is 7.17. The molecular formula is C23H23ClN4O3S. The highest BCUT2D eigenvalue weighted by Gasteiger charge is 2.33. The Morgan fingerprint density at radius 2 is 1.84 bits per heavy atom. The van der Waals surface area contributed by atoms with E-state index in [1.165, 1.54) is 0 Å². The van der Waals surface area contributed by atoms with E-state index in [9.17, 15) is 0 Å². The maximum absolute atomic E-state index is 6.10. The van der Waals surface area contributed by atoms with Crippen LogP contribution in [0.5, 0.6) is 11.5 Å². The summed E-state index contributed by atoms with van der Waals surface area (Å²) in [7, 11) is 3.18. The largest absolute Gasteiger partial charge is 0.493 e. The molecule has 7 nitrogen and oxygen atoms in total. The van der Waals surface area contributed by atoms with E-state index in [-0.39, 0.29) is 6.04 Å². The minimum atomic E-state index is -0.249. The first-order valence-electron chi connectivity index (χ1n) is 10.1. The molecule has 0 saturated heterocycles. The average molecular weight is 471 g/mol. The van der Waals surface area contributed by atoms with Crippen LogP contribution in [0, 0.1) is 0 Å². The van der Waals surface area contributed by atoms with Crippen LogP contribution in [0.25, 0.3) is 17.0 Å². The van der Waals surface area contributed by atoms with Crippen molar-refractivity contribution in [3.8, 4) is 22.9 Å². The van der Waals surface area contributed by atoms with E-state index in [0.29, 0.717) is 39.9 Å². The first kappa shape index (κ1) is 22.1. The van der Waals surface area contributed by atoms with E-state index in [2.05, 4.69) is 10.5 Å². The van der Waals surface area contributed by atoms with Gasteiger partial charge >= 0.3 is 0 Å². The zero-order chi connectivity index (χ0) is 22.8. The smallest absolute Gasteiger partial charge is 0.258 e. The molecule has 1 atom stereocenters. The Balaban J connectivity index is 1.79. The Bertz CT molecular complexity index is 1180. The lowest BCUT2D eigenvalue weighted by molar-refractivity contribution is 0.355. The Morgan fingerprint density at radius 1 is 1.12 bits per heavy atom. The fourth-order valence-corrected chi connectivity index (χ4v) is 4.28. The van der Waals surface area contributed by atoms with Crippen LogP contribution in [-0.4, -0.2) is 40.9 Å². The van der Waals surface area contributed by atoms with E-state index in [1.54, 1.807) is 14.2 Å². The molecule has 0 saturated carbocycles. The molecule has 2 aromatic carbocycles. The predicted octanol–water partition coefficient (Wildman–Crippen LogP) is 5.09. The van der Waals surface area contributed by atoms with Crippen LogP contribution >= 0.6 is 23.8 Å². The van der Waals surface area contributed by atoms with Crippen LogP contribution in [0.3, 0.4) is 0 Å². The number of methoxy groups -OCH3 is 2. The fourth-order valence-electron chi connectivity index (χ4n) is 3.77. The lowest BCUT2D eigenvalue weighted by atomic mass is 9.95. The van der Waals surface area contributed by atoms with Gasteiger partial charge in [0.2, 0.25) is 5.82 Å². The number of nitrogens with one attached hydrogen (secondary N) is 1. The molecular weight excluding hydrogens is 448 g/mol. The normalized spacial score (nSPS) is 16.2. The van der Waals surface area contributed by atoms with Crippen molar-refractivity contribution in [1.82, 2.24) is 20.4 Å². The third kappa shape index (κ3) is 4.03. The molecule has 32 heavy (non-hydrogen) atoms. The molecule has 4 rings (SSSR count). The standard InChI is InChI=1S/C23H23ClN4O3S/c1-5-28-13(2)19(20(25-23(28)32)14-6-9-16(24)10-7-14)22-26-21(27-31-22)15-8-11-17(29-3)18(12-15)30-4/h6-12,20H,5H2,1-4H3,(H,25,32). The summed E-state index contributed by atoms with van der Waals surface area (Å²) in [6, 6.07) is 12.9. The van der Waals surface area contributed by atoms with E-state index < -0.39 is 0 Å². The Kier molecular flexibility index (Phi) is 6.34. The van der Waals surface area contributed by atoms with Gasteiger partial charge in [0.05, 0.1) is 25.8 Å². The van der Waals surface area contributed by atoms with Crippen molar-refractivity contribution in [2.24, 2.45) is 0 Å². The zero-order valence-corrected chi connectivity index (χ0v) is 19.8. The molecule has 9 heteroatoms. The SMILES string of the molecule is CCN1C(=S)NC(c2ccc(Cl)cc2)C(c2nc(-c3ccc(OC)c(OC)c3)no2)=C1C. The van der Waals surface area contributed by atoms with Gasteiger partial charge in [-0.2, -0.15) is 4.98 Å². The Hall–Kier alpha value is -3.10. The van der Waals surface area contributed by atoms with Gasteiger partial charge in [0, 0.05) is 22.8 Å². The summed E-state index contributed by atoms with van der Waals surface area (Å²) in [6.07, 6.45) is 0. The molecule has 0 spiro atoms. The van der Waals surface area contributed by atoms with Gasteiger partial charge in [0.25, 0.3) is 5.89 Å². The Labute approximate surface area is 197 Å². The molecule has 3 aromatic rings. The second-order valence-corrected chi connectivity index (χ2v) is 7.99. The second kappa shape index (κ2) is 9.18. The quantitative estimate of drug-likeness (QED) is 0.499. The highest BCUT2D eigenvalue weighted by molar-refractivity contribution is 7.80. The summed E-state index contributed by atoms with van der Waals surface area (Å²) in [5, 5.41) is 8.94. The first-order chi connectivity index (χ1) is 15.5. The number of ether oxygens (including phenoxy) is 2. The number of benzene rings is 2. The van der Waals surface area contributed by atoms with Crippen molar-refractivity contribution in [3.05, 3.63) is 64.6 Å². The van der Waals surface area contributed by atoms with Crippen LogP contribution in [0.15, 0.2) is 52.7 Å². The van der Waals surface area contributed by atoms with Crippen LogP contribution < -0.4 is 14.8 Å². The lowest BCUT2D eigenvalue weighted by Crippen LogP contribution is -2.45. The minimum absolute atomic E-state index is 0.249. The van der Waals surface area contributed by atoms with Gasteiger partial charge in [-0.1, -0.05) is 28.9 Å². The number of hydrogen-bond acceptors (Lipinski definition) is 6. The highest BCUT2D eigenvalue weighted by atomic mass is 35.5. The average Bonchev–Trinajstić information content (AvgIpc) is 3.28. The molecule has 0 aliphatic carbocycles. The maximum atomic E-state index is 6.10. The number of allylic oxidation sites excluding steroid dienone is 1. The topological polar surface area (TPSA) is 72.7 Å². The molecule has 1 aromatic heterocycles. The van der Waals surface area contributed by atoms with Gasteiger partial charge in [-0.15, -0.1) is 0 Å². The molecule has 0 bridgehead atoms. The molecule has 2 heterocycles. The molecule has 1 aliphatic heterocycles. The van der Waals surface area contributed by atoms with Crippen molar-refractivity contribution in [2.75, 3.05) is 20.8 Å². The molecule has 1 N–H and O–H groups in total.